The summed E-state index contributed by atoms with van der Waals surface area (Å²) in [5.41, 5.74) is 5.36. The maximum atomic E-state index is 11.6. The summed E-state index contributed by atoms with van der Waals surface area (Å²) < 4.78 is 5.01. The molecule has 1 aliphatic rings. The highest BCUT2D eigenvalue weighted by Gasteiger charge is 2.29. The minimum absolute atomic E-state index is 0.0704. The Morgan fingerprint density at radius 1 is 1.42 bits per heavy atom. The molecule has 1 rings (SSSR count). The first-order valence-corrected chi connectivity index (χ1v) is 7.18. The zero-order valence-electron chi connectivity index (χ0n) is 11.3. The highest BCUT2D eigenvalue weighted by molar-refractivity contribution is 6.17. The summed E-state index contributed by atoms with van der Waals surface area (Å²) in [7, 11) is 0. The molecule has 7 heteroatoms. The Labute approximate surface area is 118 Å². The molecule has 6 nitrogen and oxygen atoms in total. The molecule has 0 spiro atoms. The average Bonchev–Trinajstić information content (AvgIpc) is 2.40. The molecular weight excluding hydrogens is 270 g/mol. The van der Waals surface area contributed by atoms with Gasteiger partial charge in [0, 0.05) is 25.5 Å². The summed E-state index contributed by atoms with van der Waals surface area (Å²) in [5, 5.41) is 3.41. The van der Waals surface area contributed by atoms with Crippen molar-refractivity contribution < 1.29 is 14.3 Å². The van der Waals surface area contributed by atoms with Crippen molar-refractivity contribution in [1.29, 1.82) is 0 Å². The molecule has 1 fully saturated rings. The van der Waals surface area contributed by atoms with Gasteiger partial charge < -0.3 is 10.5 Å². The number of alkyl halides is 1. The number of carbonyl (C=O) groups excluding carboxylic acids is 2. The van der Waals surface area contributed by atoms with E-state index in [1.165, 1.54) is 5.01 Å². The molecule has 0 radical (unpaired) electrons. The second kappa shape index (κ2) is 8.22. The number of halogens is 1. The smallest absolute Gasteiger partial charge is 0.329 e. The first-order chi connectivity index (χ1) is 9.10. The average molecular weight is 292 g/mol. The van der Waals surface area contributed by atoms with Gasteiger partial charge in [0.25, 0.3) is 0 Å². The largest absolute Gasteiger partial charge is 0.466 e. The minimum atomic E-state index is -0.472. The van der Waals surface area contributed by atoms with Crippen LogP contribution in [0.15, 0.2) is 0 Å². The lowest BCUT2D eigenvalue weighted by molar-refractivity contribution is -0.151. The van der Waals surface area contributed by atoms with Gasteiger partial charge >= 0.3 is 12.0 Å². The van der Waals surface area contributed by atoms with Crippen LogP contribution in [0.1, 0.15) is 26.2 Å². The van der Waals surface area contributed by atoms with Crippen molar-refractivity contribution >= 4 is 23.6 Å². The van der Waals surface area contributed by atoms with Crippen LogP contribution >= 0.6 is 11.6 Å². The van der Waals surface area contributed by atoms with Crippen molar-refractivity contribution in [3.63, 3.8) is 0 Å². The minimum Gasteiger partial charge on any atom is -0.466 e. The fraction of sp³-hybridized carbons (Fsp3) is 0.833. The molecule has 0 aromatic carbocycles. The summed E-state index contributed by atoms with van der Waals surface area (Å²) in [4.78, 5) is 23.0. The van der Waals surface area contributed by atoms with Crippen molar-refractivity contribution in [2.45, 2.75) is 26.2 Å². The molecular formula is C12H22ClN3O3. The molecule has 1 aliphatic heterocycles. The molecule has 0 bridgehead atoms. The number of nitrogens with zero attached hydrogens (tertiary/aromatic N) is 2. The highest BCUT2D eigenvalue weighted by Crippen LogP contribution is 2.20. The maximum absolute atomic E-state index is 11.6. The molecule has 0 saturated carbocycles. The lowest BCUT2D eigenvalue weighted by atomic mass is 9.98. The Bertz CT molecular complexity index is 307. The van der Waals surface area contributed by atoms with Gasteiger partial charge in [0.15, 0.2) is 0 Å². The van der Waals surface area contributed by atoms with Crippen LogP contribution in [0.3, 0.4) is 0 Å². The van der Waals surface area contributed by atoms with Gasteiger partial charge in [-0.25, -0.2) is 9.80 Å². The predicted molar refractivity (Wildman–Crippen MR) is 72.6 cm³/mol. The van der Waals surface area contributed by atoms with E-state index in [0.29, 0.717) is 51.4 Å². The standard InChI is InChI=1S/C12H22ClN3O3/c1-2-19-11(17)10-4-8-15(9-5-10)16(12(14)18)7-3-6-13/h10H,2-9H2,1H3,(H2,14,18). The normalized spacial score (nSPS) is 17.2. The Hall–Kier alpha value is -1.01. The molecule has 2 amide bonds. The Morgan fingerprint density at radius 3 is 2.53 bits per heavy atom. The van der Waals surface area contributed by atoms with Gasteiger partial charge in [-0.2, -0.15) is 0 Å². The van der Waals surface area contributed by atoms with Gasteiger partial charge in [-0.15, -0.1) is 11.6 Å². The number of nitrogens with two attached hydrogens (primary N) is 1. The molecule has 0 atom stereocenters. The highest BCUT2D eigenvalue weighted by atomic mass is 35.5. The lowest BCUT2D eigenvalue weighted by Crippen LogP contribution is -2.53. The summed E-state index contributed by atoms with van der Waals surface area (Å²) in [5.74, 6) is 0.274. The fourth-order valence-electron chi connectivity index (χ4n) is 2.20. The van der Waals surface area contributed by atoms with E-state index in [1.807, 2.05) is 5.01 Å². The first kappa shape index (κ1) is 16.0. The van der Waals surface area contributed by atoms with E-state index in [-0.39, 0.29) is 11.9 Å². The van der Waals surface area contributed by atoms with E-state index in [2.05, 4.69) is 0 Å². The topological polar surface area (TPSA) is 75.9 Å². The van der Waals surface area contributed by atoms with Gasteiger partial charge in [0.05, 0.1) is 12.5 Å². The van der Waals surface area contributed by atoms with Crippen LogP contribution < -0.4 is 5.73 Å². The molecule has 1 heterocycles. The summed E-state index contributed by atoms with van der Waals surface area (Å²) in [6.45, 7) is 3.99. The van der Waals surface area contributed by atoms with Crippen molar-refractivity contribution in [1.82, 2.24) is 10.0 Å². The maximum Gasteiger partial charge on any atom is 0.329 e. The van der Waals surface area contributed by atoms with Crippen LogP contribution in [0.5, 0.6) is 0 Å². The zero-order valence-corrected chi connectivity index (χ0v) is 12.1. The van der Waals surface area contributed by atoms with E-state index in [9.17, 15) is 9.59 Å². The SMILES string of the molecule is CCOC(=O)C1CCN(N(CCCCl)C(N)=O)CC1. The zero-order chi connectivity index (χ0) is 14.3. The Kier molecular flexibility index (Phi) is 6.94. The van der Waals surface area contributed by atoms with E-state index in [4.69, 9.17) is 22.1 Å². The lowest BCUT2D eigenvalue weighted by Gasteiger charge is -2.38. The van der Waals surface area contributed by atoms with Crippen LogP contribution in [-0.2, 0) is 9.53 Å². The van der Waals surface area contributed by atoms with Gasteiger partial charge in [0.1, 0.15) is 0 Å². The van der Waals surface area contributed by atoms with E-state index >= 15 is 0 Å². The van der Waals surface area contributed by atoms with Gasteiger partial charge in [0.2, 0.25) is 0 Å². The number of hydrogen-bond acceptors (Lipinski definition) is 4. The second-order valence-corrected chi connectivity index (χ2v) is 4.86. The van der Waals surface area contributed by atoms with Crippen LogP contribution in [0.4, 0.5) is 4.79 Å². The fourth-order valence-corrected chi connectivity index (χ4v) is 2.32. The Balaban J connectivity index is 2.46. The number of amides is 2. The molecule has 0 aromatic rings. The first-order valence-electron chi connectivity index (χ1n) is 6.64. The molecule has 0 aliphatic carbocycles. The van der Waals surface area contributed by atoms with Crippen LogP contribution in [0.2, 0.25) is 0 Å². The predicted octanol–water partition coefficient (Wildman–Crippen LogP) is 1.19. The second-order valence-electron chi connectivity index (χ2n) is 4.48. The number of hydrogen-bond donors (Lipinski definition) is 1. The number of rotatable bonds is 6. The number of urea groups is 1. The number of piperidine rings is 1. The number of ether oxygens (including phenoxy) is 1. The molecule has 19 heavy (non-hydrogen) atoms. The van der Waals surface area contributed by atoms with Gasteiger partial charge in [-0.3, -0.25) is 9.80 Å². The van der Waals surface area contributed by atoms with Crippen LogP contribution in [0, 0.1) is 5.92 Å². The molecule has 2 N–H and O–H groups in total. The number of hydrazine groups is 1. The van der Waals surface area contributed by atoms with E-state index in [0.717, 1.165) is 0 Å². The summed E-state index contributed by atoms with van der Waals surface area (Å²) in [6, 6.07) is -0.472. The van der Waals surface area contributed by atoms with Crippen molar-refractivity contribution in [3.05, 3.63) is 0 Å². The number of esters is 1. The quantitative estimate of drug-likeness (QED) is 0.589. The third kappa shape index (κ3) is 4.87. The number of carbonyl (C=O) groups is 2. The van der Waals surface area contributed by atoms with Crippen LogP contribution in [0.25, 0.3) is 0 Å². The molecule has 1 saturated heterocycles. The molecule has 0 aromatic heterocycles. The molecule has 110 valence electrons. The monoisotopic (exact) mass is 291 g/mol. The van der Waals surface area contributed by atoms with Crippen molar-refractivity contribution in [3.8, 4) is 0 Å². The molecule has 0 unspecified atom stereocenters. The Morgan fingerprint density at radius 2 is 2.05 bits per heavy atom. The third-order valence-electron chi connectivity index (χ3n) is 3.19. The van der Waals surface area contributed by atoms with Crippen molar-refractivity contribution in [2.75, 3.05) is 32.1 Å². The summed E-state index contributed by atoms with van der Waals surface area (Å²) in [6.07, 6.45) is 2.06. The van der Waals surface area contributed by atoms with Crippen molar-refractivity contribution in [2.24, 2.45) is 11.7 Å². The van der Waals surface area contributed by atoms with E-state index in [1.54, 1.807) is 6.92 Å². The van der Waals surface area contributed by atoms with E-state index < -0.39 is 6.03 Å². The third-order valence-corrected chi connectivity index (χ3v) is 3.46. The van der Waals surface area contributed by atoms with Crippen LogP contribution in [-0.4, -0.2) is 54.1 Å². The van der Waals surface area contributed by atoms with Gasteiger partial charge in [-0.05, 0) is 26.2 Å². The number of primary amides is 1. The van der Waals surface area contributed by atoms with Gasteiger partial charge in [-0.1, -0.05) is 0 Å². The summed E-state index contributed by atoms with van der Waals surface area (Å²) >= 11 is 5.63.